The number of anilines is 1. The highest BCUT2D eigenvalue weighted by molar-refractivity contribution is 5.42. The first-order valence-corrected chi connectivity index (χ1v) is 5.18. The van der Waals surface area contributed by atoms with Gasteiger partial charge in [-0.25, -0.2) is 13.8 Å². The summed E-state index contributed by atoms with van der Waals surface area (Å²) in [6.45, 7) is 1.89. The zero-order chi connectivity index (χ0) is 12.8. The van der Waals surface area contributed by atoms with Crippen LogP contribution in [0.2, 0.25) is 0 Å². The van der Waals surface area contributed by atoms with Gasteiger partial charge in [0.25, 0.3) is 12.1 Å². The van der Waals surface area contributed by atoms with Gasteiger partial charge in [0.15, 0.2) is 0 Å². The molecule has 0 bridgehead atoms. The SMILES string of the molecule is CCCN(CC(F)F)c1ccc([N+](=O)[O-])cn1. The molecule has 1 heterocycles. The van der Waals surface area contributed by atoms with Gasteiger partial charge >= 0.3 is 0 Å². The lowest BCUT2D eigenvalue weighted by Gasteiger charge is -2.22. The second kappa shape index (κ2) is 6.07. The van der Waals surface area contributed by atoms with Gasteiger partial charge in [0, 0.05) is 12.6 Å². The van der Waals surface area contributed by atoms with Gasteiger partial charge in [0.05, 0.1) is 11.5 Å². The van der Waals surface area contributed by atoms with E-state index in [1.165, 1.54) is 17.0 Å². The van der Waals surface area contributed by atoms with E-state index in [0.29, 0.717) is 18.8 Å². The van der Waals surface area contributed by atoms with E-state index in [4.69, 9.17) is 0 Å². The number of hydrogen-bond donors (Lipinski definition) is 0. The van der Waals surface area contributed by atoms with Gasteiger partial charge in [-0.1, -0.05) is 6.92 Å². The van der Waals surface area contributed by atoms with E-state index in [0.717, 1.165) is 6.20 Å². The van der Waals surface area contributed by atoms with Gasteiger partial charge in [-0.15, -0.1) is 0 Å². The predicted molar refractivity (Wildman–Crippen MR) is 59.4 cm³/mol. The summed E-state index contributed by atoms with van der Waals surface area (Å²) >= 11 is 0. The summed E-state index contributed by atoms with van der Waals surface area (Å²) in [6.07, 6.45) is -0.687. The maximum Gasteiger partial charge on any atom is 0.287 e. The number of rotatable bonds is 6. The van der Waals surface area contributed by atoms with Crippen molar-refractivity contribution < 1.29 is 13.7 Å². The van der Waals surface area contributed by atoms with Crippen molar-refractivity contribution in [2.75, 3.05) is 18.0 Å². The Balaban J connectivity index is 2.83. The molecule has 1 aromatic rings. The molecule has 1 aromatic heterocycles. The average Bonchev–Trinajstić information content (AvgIpc) is 2.28. The lowest BCUT2D eigenvalue weighted by Crippen LogP contribution is -2.30. The highest BCUT2D eigenvalue weighted by Gasteiger charge is 2.14. The third-order valence-electron chi connectivity index (χ3n) is 2.12. The predicted octanol–water partition coefficient (Wildman–Crippen LogP) is 2.47. The Morgan fingerprint density at radius 3 is 2.65 bits per heavy atom. The molecule has 7 heteroatoms. The smallest absolute Gasteiger partial charge is 0.287 e. The van der Waals surface area contributed by atoms with E-state index in [-0.39, 0.29) is 5.69 Å². The number of alkyl halides is 2. The van der Waals surface area contributed by atoms with Gasteiger partial charge in [0.1, 0.15) is 12.0 Å². The molecule has 0 amide bonds. The maximum atomic E-state index is 12.3. The van der Waals surface area contributed by atoms with Crippen LogP contribution in [0.3, 0.4) is 0 Å². The van der Waals surface area contributed by atoms with E-state index < -0.39 is 17.9 Å². The number of nitro groups is 1. The van der Waals surface area contributed by atoms with Crippen molar-refractivity contribution >= 4 is 11.5 Å². The fraction of sp³-hybridized carbons (Fsp3) is 0.500. The monoisotopic (exact) mass is 245 g/mol. The van der Waals surface area contributed by atoms with Crippen molar-refractivity contribution in [3.05, 3.63) is 28.4 Å². The molecule has 0 aliphatic heterocycles. The van der Waals surface area contributed by atoms with Crippen LogP contribution < -0.4 is 4.90 Å². The van der Waals surface area contributed by atoms with Crippen molar-refractivity contribution in [1.29, 1.82) is 0 Å². The lowest BCUT2D eigenvalue weighted by molar-refractivity contribution is -0.385. The average molecular weight is 245 g/mol. The maximum absolute atomic E-state index is 12.3. The minimum Gasteiger partial charge on any atom is -0.351 e. The normalized spacial score (nSPS) is 10.6. The molecule has 1 rings (SSSR count). The molecule has 0 fully saturated rings. The van der Waals surface area contributed by atoms with Crippen LogP contribution in [0.15, 0.2) is 18.3 Å². The Bertz CT molecular complexity index is 370. The third-order valence-corrected chi connectivity index (χ3v) is 2.12. The van der Waals surface area contributed by atoms with Crippen LogP contribution in [0.25, 0.3) is 0 Å². The van der Waals surface area contributed by atoms with E-state index in [9.17, 15) is 18.9 Å². The number of halogens is 2. The van der Waals surface area contributed by atoms with Crippen molar-refractivity contribution in [3.63, 3.8) is 0 Å². The lowest BCUT2D eigenvalue weighted by atomic mass is 10.3. The zero-order valence-corrected chi connectivity index (χ0v) is 9.34. The summed E-state index contributed by atoms with van der Waals surface area (Å²) in [5.74, 6) is 0.331. The fourth-order valence-electron chi connectivity index (χ4n) is 1.41. The quantitative estimate of drug-likeness (QED) is 0.570. The summed E-state index contributed by atoms with van der Waals surface area (Å²) in [7, 11) is 0. The molecule has 0 atom stereocenters. The van der Waals surface area contributed by atoms with Gasteiger partial charge in [-0.2, -0.15) is 0 Å². The summed E-state index contributed by atoms with van der Waals surface area (Å²) in [5.41, 5.74) is -0.151. The molecule has 0 aromatic carbocycles. The summed E-state index contributed by atoms with van der Waals surface area (Å²) in [4.78, 5) is 15.1. The van der Waals surface area contributed by atoms with Gasteiger partial charge in [-0.05, 0) is 12.5 Å². The van der Waals surface area contributed by atoms with E-state index in [2.05, 4.69) is 4.98 Å². The Morgan fingerprint density at radius 1 is 1.53 bits per heavy atom. The van der Waals surface area contributed by atoms with Crippen molar-refractivity contribution in [2.45, 2.75) is 19.8 Å². The molecule has 0 spiro atoms. The van der Waals surface area contributed by atoms with Crippen LogP contribution in [-0.2, 0) is 0 Å². The topological polar surface area (TPSA) is 59.3 Å². The van der Waals surface area contributed by atoms with Crippen LogP contribution in [-0.4, -0.2) is 29.4 Å². The number of nitrogens with zero attached hydrogens (tertiary/aromatic N) is 3. The van der Waals surface area contributed by atoms with Crippen molar-refractivity contribution in [2.24, 2.45) is 0 Å². The molecule has 94 valence electrons. The van der Waals surface area contributed by atoms with Crippen molar-refractivity contribution in [1.82, 2.24) is 4.98 Å². The molecule has 0 aliphatic rings. The summed E-state index contributed by atoms with van der Waals surface area (Å²) < 4.78 is 24.6. The van der Waals surface area contributed by atoms with Gasteiger partial charge in [-0.3, -0.25) is 10.1 Å². The van der Waals surface area contributed by atoms with Crippen LogP contribution in [0.5, 0.6) is 0 Å². The minimum atomic E-state index is -2.46. The molecular formula is C10H13F2N3O2. The first-order valence-electron chi connectivity index (χ1n) is 5.18. The highest BCUT2D eigenvalue weighted by atomic mass is 19.3. The molecule has 0 unspecified atom stereocenters. The molecule has 0 radical (unpaired) electrons. The molecule has 0 saturated heterocycles. The van der Waals surface area contributed by atoms with Crippen LogP contribution in [0.4, 0.5) is 20.3 Å². The number of pyridine rings is 1. The minimum absolute atomic E-state index is 0.151. The summed E-state index contributed by atoms with van der Waals surface area (Å²) in [6, 6.07) is 2.65. The van der Waals surface area contributed by atoms with E-state index in [1.54, 1.807) is 0 Å². The van der Waals surface area contributed by atoms with Crippen LogP contribution >= 0.6 is 0 Å². The molecule has 0 aliphatic carbocycles. The number of aromatic nitrogens is 1. The molecule has 5 nitrogen and oxygen atoms in total. The standard InChI is InChI=1S/C10H13F2N3O2/c1-2-5-14(7-9(11)12)10-4-3-8(6-13-10)15(16)17/h3-4,6,9H,2,5,7H2,1H3. The highest BCUT2D eigenvalue weighted by Crippen LogP contribution is 2.17. The molecular weight excluding hydrogens is 232 g/mol. The van der Waals surface area contributed by atoms with E-state index in [1.807, 2.05) is 6.92 Å². The second-order valence-corrected chi connectivity index (χ2v) is 3.47. The van der Waals surface area contributed by atoms with Gasteiger partial charge < -0.3 is 4.90 Å². The first-order chi connectivity index (χ1) is 8.04. The molecule has 0 N–H and O–H groups in total. The van der Waals surface area contributed by atoms with Gasteiger partial charge in [0.2, 0.25) is 0 Å². The largest absolute Gasteiger partial charge is 0.351 e. The third kappa shape index (κ3) is 3.93. The van der Waals surface area contributed by atoms with Crippen LogP contribution in [0.1, 0.15) is 13.3 Å². The first kappa shape index (κ1) is 13.3. The van der Waals surface area contributed by atoms with Crippen LogP contribution in [0, 0.1) is 10.1 Å². The Labute approximate surface area is 97.2 Å². The zero-order valence-electron chi connectivity index (χ0n) is 9.34. The fourth-order valence-corrected chi connectivity index (χ4v) is 1.41. The van der Waals surface area contributed by atoms with E-state index >= 15 is 0 Å². The Kier molecular flexibility index (Phi) is 4.74. The second-order valence-electron chi connectivity index (χ2n) is 3.47. The Hall–Kier alpha value is -1.79. The Morgan fingerprint density at radius 2 is 2.24 bits per heavy atom. The van der Waals surface area contributed by atoms with Crippen molar-refractivity contribution in [3.8, 4) is 0 Å². The molecule has 17 heavy (non-hydrogen) atoms. The number of hydrogen-bond acceptors (Lipinski definition) is 4. The summed E-state index contributed by atoms with van der Waals surface area (Å²) in [5, 5.41) is 10.4. The molecule has 0 saturated carbocycles.